The average Bonchev–Trinajstić information content (AvgIpc) is 3.34. The van der Waals surface area contributed by atoms with Crippen LogP contribution in [0, 0.1) is 6.92 Å². The number of amides is 1. The highest BCUT2D eigenvalue weighted by Crippen LogP contribution is 2.49. The highest BCUT2D eigenvalue weighted by atomic mass is 35.5. The normalized spacial score (nSPS) is 25.0. The summed E-state index contributed by atoms with van der Waals surface area (Å²) in [6.07, 6.45) is -5.39. The SMILES string of the molecule is Cc1cc(C2=NOC(c3cc(Cl)cc(Cl)c3)(C(F)(F)F)C2)ccc1C(=O)N[C@@H]1COS(=O)C1. The highest BCUT2D eigenvalue weighted by Gasteiger charge is 2.62. The number of benzene rings is 2. The summed E-state index contributed by atoms with van der Waals surface area (Å²) in [6, 6.07) is 7.83. The molecule has 176 valence electrons. The third kappa shape index (κ3) is 4.75. The lowest BCUT2D eigenvalue weighted by atomic mass is 9.86. The molecule has 2 aliphatic heterocycles. The van der Waals surface area contributed by atoms with Gasteiger partial charge in [0.15, 0.2) is 11.1 Å². The van der Waals surface area contributed by atoms with Gasteiger partial charge < -0.3 is 10.2 Å². The number of alkyl halides is 3. The first-order chi connectivity index (χ1) is 15.5. The molecular formula is C21H17Cl2F3N2O4S. The number of carbonyl (C=O) groups excluding carboxylic acids is 1. The zero-order valence-corrected chi connectivity index (χ0v) is 19.4. The lowest BCUT2D eigenvalue weighted by Crippen LogP contribution is -2.42. The summed E-state index contributed by atoms with van der Waals surface area (Å²) in [4.78, 5) is 17.6. The molecule has 1 N–H and O–H groups in total. The van der Waals surface area contributed by atoms with Gasteiger partial charge >= 0.3 is 6.18 Å². The van der Waals surface area contributed by atoms with Crippen molar-refractivity contribution in [1.82, 2.24) is 5.32 Å². The summed E-state index contributed by atoms with van der Waals surface area (Å²) in [5.74, 6) is -0.196. The Kier molecular flexibility index (Phi) is 6.47. The van der Waals surface area contributed by atoms with E-state index in [-0.39, 0.29) is 39.7 Å². The van der Waals surface area contributed by atoms with Crippen molar-refractivity contribution in [2.45, 2.75) is 31.2 Å². The lowest BCUT2D eigenvalue weighted by molar-refractivity contribution is -0.275. The van der Waals surface area contributed by atoms with Crippen LogP contribution in [-0.2, 0) is 25.7 Å². The number of carbonyl (C=O) groups is 1. The average molecular weight is 521 g/mol. The van der Waals surface area contributed by atoms with E-state index in [4.69, 9.17) is 32.2 Å². The summed E-state index contributed by atoms with van der Waals surface area (Å²) in [5.41, 5.74) is -1.68. The van der Waals surface area contributed by atoms with Crippen LogP contribution in [0.5, 0.6) is 0 Å². The van der Waals surface area contributed by atoms with Gasteiger partial charge in [-0.3, -0.25) is 8.98 Å². The first-order valence-corrected chi connectivity index (χ1v) is 11.7. The van der Waals surface area contributed by atoms with Crippen molar-refractivity contribution in [3.8, 4) is 0 Å². The minimum atomic E-state index is -4.80. The fraction of sp³-hybridized carbons (Fsp3) is 0.333. The van der Waals surface area contributed by atoms with Crippen LogP contribution < -0.4 is 5.32 Å². The topological polar surface area (TPSA) is 77.0 Å². The van der Waals surface area contributed by atoms with Gasteiger partial charge in [-0.05, 0) is 48.4 Å². The van der Waals surface area contributed by atoms with Crippen molar-refractivity contribution in [2.24, 2.45) is 5.16 Å². The van der Waals surface area contributed by atoms with Crippen molar-refractivity contribution < 1.29 is 31.2 Å². The molecule has 3 atom stereocenters. The molecule has 1 amide bonds. The first kappa shape index (κ1) is 24.0. The number of aryl methyl sites for hydroxylation is 1. The van der Waals surface area contributed by atoms with E-state index in [0.717, 1.165) is 12.1 Å². The maximum absolute atomic E-state index is 14.2. The summed E-state index contributed by atoms with van der Waals surface area (Å²) in [6.45, 7) is 1.81. The van der Waals surface area contributed by atoms with E-state index in [1.807, 2.05) is 0 Å². The summed E-state index contributed by atoms with van der Waals surface area (Å²) >= 11 is 10.4. The van der Waals surface area contributed by atoms with Crippen molar-refractivity contribution in [3.05, 3.63) is 68.7 Å². The molecule has 0 saturated carbocycles. The minimum Gasteiger partial charge on any atom is -0.374 e. The Labute approximate surface area is 199 Å². The smallest absolute Gasteiger partial charge is 0.374 e. The van der Waals surface area contributed by atoms with Gasteiger partial charge in [-0.25, -0.2) is 4.21 Å². The second-order valence-corrected chi connectivity index (χ2v) is 9.79. The fourth-order valence-electron chi connectivity index (χ4n) is 3.71. The van der Waals surface area contributed by atoms with Gasteiger partial charge in [-0.15, -0.1) is 0 Å². The van der Waals surface area contributed by atoms with Crippen molar-refractivity contribution in [2.75, 3.05) is 12.4 Å². The van der Waals surface area contributed by atoms with Crippen LogP contribution in [0.15, 0.2) is 41.6 Å². The summed E-state index contributed by atoms with van der Waals surface area (Å²) in [5, 5.41) is 6.55. The third-order valence-electron chi connectivity index (χ3n) is 5.39. The van der Waals surface area contributed by atoms with Gasteiger partial charge in [0, 0.05) is 27.6 Å². The number of rotatable bonds is 4. The van der Waals surface area contributed by atoms with Crippen LogP contribution in [0.4, 0.5) is 13.2 Å². The number of hydrogen-bond donors (Lipinski definition) is 1. The van der Waals surface area contributed by atoms with Gasteiger partial charge in [0.05, 0.1) is 24.1 Å². The van der Waals surface area contributed by atoms with E-state index in [1.165, 1.54) is 18.2 Å². The van der Waals surface area contributed by atoms with Crippen LogP contribution in [0.1, 0.15) is 33.5 Å². The molecular weight excluding hydrogens is 504 g/mol. The Hall–Kier alpha value is -2.14. The molecule has 6 nitrogen and oxygen atoms in total. The minimum absolute atomic E-state index is 0.0425. The van der Waals surface area contributed by atoms with Crippen LogP contribution in [-0.4, -0.2) is 40.4 Å². The maximum atomic E-state index is 14.2. The maximum Gasteiger partial charge on any atom is 0.435 e. The zero-order valence-electron chi connectivity index (χ0n) is 17.0. The van der Waals surface area contributed by atoms with Crippen LogP contribution in [0.2, 0.25) is 10.0 Å². The molecule has 2 aromatic carbocycles. The van der Waals surface area contributed by atoms with Gasteiger partial charge in [0.25, 0.3) is 11.5 Å². The zero-order chi connectivity index (χ0) is 24.0. The Morgan fingerprint density at radius 3 is 2.48 bits per heavy atom. The Morgan fingerprint density at radius 1 is 1.21 bits per heavy atom. The number of hydrogen-bond acceptors (Lipinski definition) is 5. The molecule has 2 aromatic rings. The Morgan fingerprint density at radius 2 is 1.91 bits per heavy atom. The van der Waals surface area contributed by atoms with E-state index in [9.17, 15) is 22.2 Å². The molecule has 2 heterocycles. The standard InChI is InChI=1S/C21H17Cl2F3N2O4S/c1-11-4-12(2-3-17(11)19(29)27-16-9-31-33(30)10-16)18-8-20(32-28-18,21(24,25)26)13-5-14(22)7-15(23)6-13/h2-7,16H,8-10H2,1H3,(H,27,29)/t16-,20?,33?/m1/s1. The van der Waals surface area contributed by atoms with Crippen molar-refractivity contribution >= 4 is 45.9 Å². The predicted molar refractivity (Wildman–Crippen MR) is 118 cm³/mol. The molecule has 1 fully saturated rings. The number of halogens is 5. The molecule has 2 aliphatic rings. The third-order valence-corrected chi connectivity index (χ3v) is 6.90. The molecule has 0 aliphatic carbocycles. The molecule has 4 rings (SSSR count). The fourth-order valence-corrected chi connectivity index (χ4v) is 5.15. The van der Waals surface area contributed by atoms with Gasteiger partial charge in [-0.1, -0.05) is 34.4 Å². The van der Waals surface area contributed by atoms with Crippen LogP contribution in [0.25, 0.3) is 0 Å². The molecule has 0 aromatic heterocycles. The summed E-state index contributed by atoms with van der Waals surface area (Å²) < 4.78 is 58.7. The Bertz CT molecular complexity index is 1150. The van der Waals surface area contributed by atoms with Gasteiger partial charge in [0.1, 0.15) is 0 Å². The summed E-state index contributed by atoms with van der Waals surface area (Å²) in [7, 11) is 0. The predicted octanol–water partition coefficient (Wildman–Crippen LogP) is 4.68. The van der Waals surface area contributed by atoms with E-state index in [1.54, 1.807) is 13.0 Å². The van der Waals surface area contributed by atoms with Gasteiger partial charge in [0.2, 0.25) is 0 Å². The number of nitrogens with zero attached hydrogens (tertiary/aromatic N) is 1. The number of nitrogens with one attached hydrogen (secondary N) is 1. The monoisotopic (exact) mass is 520 g/mol. The van der Waals surface area contributed by atoms with Crippen LogP contribution in [0.3, 0.4) is 0 Å². The van der Waals surface area contributed by atoms with Gasteiger partial charge in [-0.2, -0.15) is 13.2 Å². The van der Waals surface area contributed by atoms with E-state index in [2.05, 4.69) is 10.5 Å². The number of oxime groups is 1. The highest BCUT2D eigenvalue weighted by molar-refractivity contribution is 7.80. The molecule has 0 spiro atoms. The molecule has 0 bridgehead atoms. The second kappa shape index (κ2) is 8.90. The van der Waals surface area contributed by atoms with Crippen LogP contribution >= 0.6 is 23.2 Å². The van der Waals surface area contributed by atoms with E-state index < -0.39 is 35.2 Å². The molecule has 2 unspecified atom stereocenters. The quantitative estimate of drug-likeness (QED) is 0.635. The molecule has 1 saturated heterocycles. The first-order valence-electron chi connectivity index (χ1n) is 9.70. The molecule has 33 heavy (non-hydrogen) atoms. The second-order valence-electron chi connectivity index (χ2n) is 7.74. The van der Waals surface area contributed by atoms with Crippen molar-refractivity contribution in [3.63, 3.8) is 0 Å². The van der Waals surface area contributed by atoms with E-state index in [0.29, 0.717) is 16.7 Å². The van der Waals surface area contributed by atoms with Crippen molar-refractivity contribution in [1.29, 1.82) is 0 Å². The Balaban J connectivity index is 1.58. The molecule has 12 heteroatoms. The largest absolute Gasteiger partial charge is 0.435 e. The lowest BCUT2D eigenvalue weighted by Gasteiger charge is -2.29. The van der Waals surface area contributed by atoms with E-state index >= 15 is 0 Å². The molecule has 0 radical (unpaired) electrons.